The van der Waals surface area contributed by atoms with Gasteiger partial charge in [0.2, 0.25) is 5.91 Å². The minimum Gasteiger partial charge on any atom is -0.341 e. The second kappa shape index (κ2) is 6.26. The Bertz CT molecular complexity index is 370. The van der Waals surface area contributed by atoms with Crippen LogP contribution in [0.4, 0.5) is 0 Å². The van der Waals surface area contributed by atoms with Gasteiger partial charge in [0.15, 0.2) is 0 Å². The molecule has 0 saturated carbocycles. The molecule has 1 amide bonds. The van der Waals surface area contributed by atoms with Gasteiger partial charge in [-0.15, -0.1) is 11.6 Å². The van der Waals surface area contributed by atoms with E-state index >= 15 is 0 Å². The van der Waals surface area contributed by atoms with Gasteiger partial charge in [-0.05, 0) is 11.6 Å². The van der Waals surface area contributed by atoms with Gasteiger partial charge in [-0.2, -0.15) is 0 Å². The number of hydrogen-bond donors (Lipinski definition) is 0. The smallest absolute Gasteiger partial charge is 0.226 e. The Balaban J connectivity index is 2.68. The number of alkyl halides is 1. The first-order valence-corrected chi connectivity index (χ1v) is 6.43. The molecule has 88 valence electrons. The summed E-state index contributed by atoms with van der Waals surface area (Å²) in [6.45, 7) is 2.44. The molecular formula is C12H15BrClNO. The van der Waals surface area contributed by atoms with E-state index in [2.05, 4.69) is 15.9 Å². The van der Waals surface area contributed by atoms with E-state index in [0.717, 1.165) is 10.0 Å². The molecule has 0 N–H and O–H groups in total. The molecule has 1 rings (SSSR count). The van der Waals surface area contributed by atoms with Crippen molar-refractivity contribution in [3.8, 4) is 0 Å². The summed E-state index contributed by atoms with van der Waals surface area (Å²) in [6.07, 6.45) is 0. The van der Waals surface area contributed by atoms with Crippen LogP contribution in [0.2, 0.25) is 0 Å². The number of hydrogen-bond acceptors (Lipinski definition) is 1. The molecule has 0 aliphatic rings. The van der Waals surface area contributed by atoms with Crippen LogP contribution in [0.25, 0.3) is 0 Å². The molecule has 0 radical (unpaired) electrons. The molecule has 0 bridgehead atoms. The van der Waals surface area contributed by atoms with Crippen molar-refractivity contribution in [1.82, 2.24) is 4.90 Å². The molecule has 1 aromatic rings. The number of carbonyl (C=O) groups is 1. The molecule has 0 heterocycles. The summed E-state index contributed by atoms with van der Waals surface area (Å²) in [4.78, 5) is 13.5. The first-order chi connectivity index (χ1) is 7.56. The lowest BCUT2D eigenvalue weighted by atomic mass is 10.1. The third-order valence-electron chi connectivity index (χ3n) is 2.39. The summed E-state index contributed by atoms with van der Waals surface area (Å²) >= 11 is 9.13. The molecule has 0 aliphatic carbocycles. The normalized spacial score (nSPS) is 12.2. The maximum Gasteiger partial charge on any atom is 0.226 e. The van der Waals surface area contributed by atoms with Crippen LogP contribution in [0.15, 0.2) is 28.7 Å². The van der Waals surface area contributed by atoms with Crippen LogP contribution < -0.4 is 0 Å². The number of benzene rings is 1. The summed E-state index contributed by atoms with van der Waals surface area (Å²) in [5, 5.41) is 0. The summed E-state index contributed by atoms with van der Waals surface area (Å²) < 4.78 is 1.02. The summed E-state index contributed by atoms with van der Waals surface area (Å²) in [5.41, 5.74) is 1.10. The quantitative estimate of drug-likeness (QED) is 0.782. The van der Waals surface area contributed by atoms with Crippen molar-refractivity contribution in [2.45, 2.75) is 13.5 Å². The van der Waals surface area contributed by atoms with Crippen LogP contribution in [0, 0.1) is 5.92 Å². The van der Waals surface area contributed by atoms with E-state index in [4.69, 9.17) is 11.6 Å². The van der Waals surface area contributed by atoms with Crippen LogP contribution in [0.5, 0.6) is 0 Å². The first-order valence-electron chi connectivity index (χ1n) is 5.10. The molecule has 0 saturated heterocycles. The number of nitrogens with zero attached hydrogens (tertiary/aromatic N) is 1. The van der Waals surface area contributed by atoms with Gasteiger partial charge in [-0.1, -0.05) is 41.1 Å². The van der Waals surface area contributed by atoms with Gasteiger partial charge in [0.25, 0.3) is 0 Å². The molecule has 2 nitrogen and oxygen atoms in total. The van der Waals surface area contributed by atoms with Crippen LogP contribution in [-0.4, -0.2) is 23.7 Å². The molecular weight excluding hydrogens is 289 g/mol. The zero-order valence-electron chi connectivity index (χ0n) is 9.41. The standard InChI is InChI=1S/C12H15BrClNO/c1-9(7-14)12(16)15(2)8-10-5-3-4-6-11(10)13/h3-6,9H,7-8H2,1-2H3. The van der Waals surface area contributed by atoms with E-state index < -0.39 is 0 Å². The lowest BCUT2D eigenvalue weighted by molar-refractivity contribution is -0.133. The molecule has 0 aromatic heterocycles. The number of rotatable bonds is 4. The topological polar surface area (TPSA) is 20.3 Å². The predicted molar refractivity (Wildman–Crippen MR) is 70.5 cm³/mol. The average molecular weight is 305 g/mol. The fraction of sp³-hybridized carbons (Fsp3) is 0.417. The van der Waals surface area contributed by atoms with Crippen molar-refractivity contribution < 1.29 is 4.79 Å². The van der Waals surface area contributed by atoms with Crippen molar-refractivity contribution in [3.63, 3.8) is 0 Å². The summed E-state index contributed by atoms with van der Waals surface area (Å²) in [7, 11) is 1.80. The van der Waals surface area contributed by atoms with Crippen LogP contribution in [-0.2, 0) is 11.3 Å². The van der Waals surface area contributed by atoms with Crippen molar-refractivity contribution in [1.29, 1.82) is 0 Å². The van der Waals surface area contributed by atoms with Crippen molar-refractivity contribution in [2.24, 2.45) is 5.92 Å². The fourth-order valence-corrected chi connectivity index (χ4v) is 1.94. The molecule has 1 aromatic carbocycles. The second-order valence-electron chi connectivity index (χ2n) is 3.84. The zero-order valence-corrected chi connectivity index (χ0v) is 11.8. The Hall–Kier alpha value is -0.540. The third-order valence-corrected chi connectivity index (χ3v) is 3.63. The van der Waals surface area contributed by atoms with Crippen molar-refractivity contribution in [2.75, 3.05) is 12.9 Å². The van der Waals surface area contributed by atoms with Gasteiger partial charge < -0.3 is 4.90 Å². The minimum atomic E-state index is -0.130. The monoisotopic (exact) mass is 303 g/mol. The van der Waals surface area contributed by atoms with E-state index in [9.17, 15) is 4.79 Å². The van der Waals surface area contributed by atoms with Gasteiger partial charge in [0.1, 0.15) is 0 Å². The highest BCUT2D eigenvalue weighted by Crippen LogP contribution is 2.18. The molecule has 1 atom stereocenters. The van der Waals surface area contributed by atoms with Crippen LogP contribution >= 0.6 is 27.5 Å². The van der Waals surface area contributed by atoms with E-state index in [1.807, 2.05) is 31.2 Å². The van der Waals surface area contributed by atoms with Gasteiger partial charge in [-0.3, -0.25) is 4.79 Å². The SMILES string of the molecule is CC(CCl)C(=O)N(C)Cc1ccccc1Br. The summed E-state index contributed by atoms with van der Waals surface area (Å²) in [6, 6.07) is 7.89. The number of carbonyl (C=O) groups excluding carboxylic acids is 1. The van der Waals surface area contributed by atoms with Crippen LogP contribution in [0.3, 0.4) is 0 Å². The Morgan fingerprint density at radius 3 is 2.69 bits per heavy atom. The van der Waals surface area contributed by atoms with Gasteiger partial charge in [0.05, 0.1) is 0 Å². The Morgan fingerprint density at radius 2 is 2.12 bits per heavy atom. The Labute approximate surface area is 110 Å². The molecule has 0 spiro atoms. The molecule has 16 heavy (non-hydrogen) atoms. The number of halogens is 2. The highest BCUT2D eigenvalue weighted by Gasteiger charge is 2.16. The second-order valence-corrected chi connectivity index (χ2v) is 5.00. The Kier molecular flexibility index (Phi) is 5.29. The minimum absolute atomic E-state index is 0.0748. The van der Waals surface area contributed by atoms with E-state index in [-0.39, 0.29) is 11.8 Å². The molecule has 0 fully saturated rings. The maximum absolute atomic E-state index is 11.8. The van der Waals surface area contributed by atoms with E-state index in [0.29, 0.717) is 12.4 Å². The van der Waals surface area contributed by atoms with E-state index in [1.165, 1.54) is 0 Å². The van der Waals surface area contributed by atoms with Gasteiger partial charge >= 0.3 is 0 Å². The highest BCUT2D eigenvalue weighted by molar-refractivity contribution is 9.10. The largest absolute Gasteiger partial charge is 0.341 e. The maximum atomic E-state index is 11.8. The predicted octanol–water partition coefficient (Wildman–Crippen LogP) is 3.28. The number of amides is 1. The lowest BCUT2D eigenvalue weighted by Crippen LogP contribution is -2.32. The third kappa shape index (κ3) is 3.49. The Morgan fingerprint density at radius 1 is 1.50 bits per heavy atom. The molecule has 4 heteroatoms. The zero-order chi connectivity index (χ0) is 12.1. The van der Waals surface area contributed by atoms with Crippen LogP contribution in [0.1, 0.15) is 12.5 Å². The highest BCUT2D eigenvalue weighted by atomic mass is 79.9. The van der Waals surface area contributed by atoms with Gasteiger partial charge in [-0.25, -0.2) is 0 Å². The fourth-order valence-electron chi connectivity index (χ4n) is 1.40. The summed E-state index contributed by atoms with van der Waals surface area (Å²) in [5.74, 6) is 0.305. The molecule has 0 aliphatic heterocycles. The van der Waals surface area contributed by atoms with Crippen molar-refractivity contribution >= 4 is 33.4 Å². The average Bonchev–Trinajstić information content (AvgIpc) is 2.30. The van der Waals surface area contributed by atoms with Crippen molar-refractivity contribution in [3.05, 3.63) is 34.3 Å². The van der Waals surface area contributed by atoms with E-state index in [1.54, 1.807) is 11.9 Å². The van der Waals surface area contributed by atoms with Gasteiger partial charge in [0, 0.05) is 29.9 Å². The molecule has 1 unspecified atom stereocenters. The first kappa shape index (κ1) is 13.5. The lowest BCUT2D eigenvalue weighted by Gasteiger charge is -2.20.